The Morgan fingerprint density at radius 1 is 1.11 bits per heavy atom. The van der Waals surface area contributed by atoms with Crippen LogP contribution in [0.2, 0.25) is 0 Å². The van der Waals surface area contributed by atoms with Gasteiger partial charge in [0, 0.05) is 25.4 Å². The standard InChI is InChI=1S/C24H29N3O8S/c28-21-17-27(18-5-2-1-3-6-18)23(30)26(21)13-4-14-35-19-7-9-20(10-8-19)36(32,33)24(22(29)25-31)11-15-34-16-12-24/h1-3,5-10,23,30-31H,4,11-17H2,(H,25,29). The molecule has 0 saturated carbocycles. The van der Waals surface area contributed by atoms with Gasteiger partial charge < -0.3 is 19.5 Å². The van der Waals surface area contributed by atoms with Gasteiger partial charge in [-0.15, -0.1) is 0 Å². The number of benzene rings is 2. The quantitative estimate of drug-likeness (QED) is 0.250. The van der Waals surface area contributed by atoms with E-state index in [2.05, 4.69) is 0 Å². The summed E-state index contributed by atoms with van der Waals surface area (Å²) in [5, 5.41) is 19.7. The molecule has 2 fully saturated rings. The van der Waals surface area contributed by atoms with Gasteiger partial charge in [0.25, 0.3) is 5.91 Å². The van der Waals surface area contributed by atoms with Crippen molar-refractivity contribution in [2.45, 2.75) is 35.3 Å². The van der Waals surface area contributed by atoms with Crippen molar-refractivity contribution in [3.63, 3.8) is 0 Å². The van der Waals surface area contributed by atoms with Crippen LogP contribution in [0.4, 0.5) is 5.69 Å². The van der Waals surface area contributed by atoms with Crippen LogP contribution in [0.1, 0.15) is 19.3 Å². The van der Waals surface area contributed by atoms with E-state index in [1.807, 2.05) is 30.3 Å². The van der Waals surface area contributed by atoms with Gasteiger partial charge in [-0.1, -0.05) is 18.2 Å². The number of nitrogens with one attached hydrogen (secondary N) is 1. The highest BCUT2D eigenvalue weighted by Gasteiger charge is 2.52. The Morgan fingerprint density at radius 2 is 1.78 bits per heavy atom. The summed E-state index contributed by atoms with van der Waals surface area (Å²) in [4.78, 5) is 27.6. The van der Waals surface area contributed by atoms with Crippen LogP contribution in [-0.4, -0.2) is 79.5 Å². The molecule has 2 aromatic carbocycles. The summed E-state index contributed by atoms with van der Waals surface area (Å²) in [5.74, 6) is -0.744. The number of carbonyl (C=O) groups excluding carboxylic acids is 2. The lowest BCUT2D eigenvalue weighted by Crippen LogP contribution is -2.54. The molecule has 36 heavy (non-hydrogen) atoms. The molecule has 0 bridgehead atoms. The van der Waals surface area contributed by atoms with Crippen molar-refractivity contribution in [1.29, 1.82) is 0 Å². The highest BCUT2D eigenvalue weighted by molar-refractivity contribution is 7.93. The topological polar surface area (TPSA) is 146 Å². The summed E-state index contributed by atoms with van der Waals surface area (Å²) in [6, 6.07) is 14.9. The number of anilines is 1. The Kier molecular flexibility index (Phi) is 7.79. The average molecular weight is 520 g/mol. The van der Waals surface area contributed by atoms with Crippen LogP contribution in [0.15, 0.2) is 59.5 Å². The molecule has 2 aromatic rings. The smallest absolute Gasteiger partial charge is 0.265 e. The van der Waals surface area contributed by atoms with Gasteiger partial charge in [0.1, 0.15) is 12.3 Å². The Labute approximate surface area is 209 Å². The molecule has 2 heterocycles. The minimum atomic E-state index is -4.11. The Bertz CT molecular complexity index is 1170. The molecule has 194 valence electrons. The maximum atomic E-state index is 13.3. The van der Waals surface area contributed by atoms with Crippen molar-refractivity contribution >= 4 is 27.3 Å². The molecule has 1 unspecified atom stereocenters. The van der Waals surface area contributed by atoms with Gasteiger partial charge in [0.05, 0.1) is 11.5 Å². The van der Waals surface area contributed by atoms with Crippen LogP contribution in [-0.2, 0) is 24.2 Å². The Morgan fingerprint density at radius 3 is 2.42 bits per heavy atom. The predicted molar refractivity (Wildman–Crippen MR) is 128 cm³/mol. The molecule has 0 radical (unpaired) electrons. The van der Waals surface area contributed by atoms with E-state index in [4.69, 9.17) is 14.7 Å². The Balaban J connectivity index is 1.33. The lowest BCUT2D eigenvalue weighted by atomic mass is 9.98. The highest BCUT2D eigenvalue weighted by Crippen LogP contribution is 2.35. The molecule has 0 aliphatic carbocycles. The second kappa shape index (κ2) is 10.8. The predicted octanol–water partition coefficient (Wildman–Crippen LogP) is 0.908. The first-order valence-corrected chi connectivity index (χ1v) is 13.1. The molecule has 2 saturated heterocycles. The van der Waals surface area contributed by atoms with E-state index < -0.39 is 26.8 Å². The van der Waals surface area contributed by atoms with Crippen LogP contribution in [0.25, 0.3) is 0 Å². The summed E-state index contributed by atoms with van der Waals surface area (Å²) in [6.45, 7) is 0.791. The van der Waals surface area contributed by atoms with E-state index in [0.29, 0.717) is 12.2 Å². The first-order chi connectivity index (χ1) is 17.3. The number of aliphatic hydroxyl groups is 1. The fraction of sp³-hybridized carbons (Fsp3) is 0.417. The van der Waals surface area contributed by atoms with Gasteiger partial charge in [-0.05, 0) is 55.7 Å². The third-order valence-corrected chi connectivity index (χ3v) is 9.06. The number of hydrogen-bond donors (Lipinski definition) is 3. The van der Waals surface area contributed by atoms with E-state index in [1.54, 1.807) is 4.90 Å². The SMILES string of the molecule is O=C1CN(c2ccccc2)C(O)N1CCCOc1ccc(S(=O)(=O)C2(C(=O)NO)CCOCC2)cc1. The molecule has 2 aliphatic rings. The number of carbonyl (C=O) groups is 2. The maximum Gasteiger partial charge on any atom is 0.265 e. The third kappa shape index (κ3) is 4.89. The van der Waals surface area contributed by atoms with E-state index in [1.165, 1.54) is 34.6 Å². The molecular formula is C24H29N3O8S. The normalized spacial score (nSPS) is 19.8. The fourth-order valence-electron chi connectivity index (χ4n) is 4.49. The number of hydrogen-bond acceptors (Lipinski definition) is 9. The van der Waals surface area contributed by atoms with Gasteiger partial charge in [0.15, 0.2) is 14.6 Å². The molecular weight excluding hydrogens is 490 g/mol. The number of nitrogens with zero attached hydrogens (tertiary/aromatic N) is 2. The number of sulfone groups is 1. The van der Waals surface area contributed by atoms with Gasteiger partial charge in [-0.2, -0.15) is 0 Å². The van der Waals surface area contributed by atoms with Crippen LogP contribution in [0.3, 0.4) is 0 Å². The summed E-state index contributed by atoms with van der Waals surface area (Å²) in [5.41, 5.74) is 2.25. The van der Waals surface area contributed by atoms with Crippen LogP contribution in [0, 0.1) is 0 Å². The van der Waals surface area contributed by atoms with Crippen LogP contribution < -0.4 is 15.1 Å². The minimum absolute atomic E-state index is 0.0628. The fourth-order valence-corrected chi connectivity index (χ4v) is 6.43. The average Bonchev–Trinajstić information content (AvgIpc) is 3.20. The molecule has 3 N–H and O–H groups in total. The summed E-state index contributed by atoms with van der Waals surface area (Å²) in [7, 11) is -4.11. The highest BCUT2D eigenvalue weighted by atomic mass is 32.2. The van der Waals surface area contributed by atoms with Crippen LogP contribution >= 0.6 is 0 Å². The molecule has 12 heteroatoms. The van der Waals surface area contributed by atoms with Crippen molar-refractivity contribution in [2.75, 3.05) is 37.8 Å². The second-order valence-electron chi connectivity index (χ2n) is 8.62. The summed E-state index contributed by atoms with van der Waals surface area (Å²) in [6.07, 6.45) is -0.741. The van der Waals surface area contributed by atoms with Crippen molar-refractivity contribution in [3.05, 3.63) is 54.6 Å². The maximum absolute atomic E-state index is 13.3. The summed E-state index contributed by atoms with van der Waals surface area (Å²) < 4.78 is 35.7. The van der Waals surface area contributed by atoms with Crippen molar-refractivity contribution < 1.29 is 37.8 Å². The van der Waals surface area contributed by atoms with Gasteiger partial charge in [-0.25, -0.2) is 13.9 Å². The molecule has 1 atom stereocenters. The van der Waals surface area contributed by atoms with Gasteiger partial charge in [0.2, 0.25) is 12.3 Å². The zero-order valence-corrected chi connectivity index (χ0v) is 20.4. The largest absolute Gasteiger partial charge is 0.494 e. The van der Waals surface area contributed by atoms with E-state index in [9.17, 15) is 23.1 Å². The molecule has 2 aliphatic heterocycles. The first kappa shape index (κ1) is 25.9. The monoisotopic (exact) mass is 519 g/mol. The summed E-state index contributed by atoms with van der Waals surface area (Å²) >= 11 is 0. The molecule has 0 aromatic heterocycles. The van der Waals surface area contributed by atoms with Crippen molar-refractivity contribution in [2.24, 2.45) is 0 Å². The van der Waals surface area contributed by atoms with E-state index in [-0.39, 0.29) is 56.6 Å². The molecule has 2 amide bonds. The number of ether oxygens (including phenoxy) is 2. The molecule has 0 spiro atoms. The molecule has 11 nitrogen and oxygen atoms in total. The first-order valence-electron chi connectivity index (χ1n) is 11.6. The van der Waals surface area contributed by atoms with Crippen molar-refractivity contribution in [3.8, 4) is 5.75 Å². The minimum Gasteiger partial charge on any atom is -0.494 e. The lowest BCUT2D eigenvalue weighted by Gasteiger charge is -2.34. The number of hydroxylamine groups is 1. The number of amides is 2. The van der Waals surface area contributed by atoms with Gasteiger partial charge in [-0.3, -0.25) is 19.7 Å². The van der Waals surface area contributed by atoms with Crippen LogP contribution in [0.5, 0.6) is 5.75 Å². The zero-order chi connectivity index (χ0) is 25.8. The third-order valence-electron chi connectivity index (χ3n) is 6.55. The number of para-hydroxylation sites is 1. The Hall–Kier alpha value is -3.19. The van der Waals surface area contributed by atoms with E-state index in [0.717, 1.165) is 5.69 Å². The van der Waals surface area contributed by atoms with E-state index >= 15 is 0 Å². The number of aliphatic hydroxyl groups excluding tert-OH is 1. The zero-order valence-electron chi connectivity index (χ0n) is 19.6. The van der Waals surface area contributed by atoms with Gasteiger partial charge >= 0.3 is 0 Å². The lowest BCUT2D eigenvalue weighted by molar-refractivity contribution is -0.134. The number of rotatable bonds is 9. The molecule has 4 rings (SSSR count). The van der Waals surface area contributed by atoms with Crippen molar-refractivity contribution in [1.82, 2.24) is 10.4 Å². The second-order valence-corrected chi connectivity index (χ2v) is 10.9.